The number of carbonyl (C=O) groups excluding carboxylic acids is 2. The van der Waals surface area contributed by atoms with Crippen molar-refractivity contribution in [3.63, 3.8) is 0 Å². The van der Waals surface area contributed by atoms with Crippen molar-refractivity contribution in [2.45, 2.75) is 219 Å². The van der Waals surface area contributed by atoms with Gasteiger partial charge in [0.05, 0.1) is 12.2 Å². The van der Waals surface area contributed by atoms with Crippen molar-refractivity contribution in [3.05, 3.63) is 0 Å². The zero-order valence-electron chi connectivity index (χ0n) is 28.6. The van der Waals surface area contributed by atoms with Gasteiger partial charge in [-0.1, -0.05) is 155 Å². The topological polar surface area (TPSA) is 121 Å². The minimum absolute atomic E-state index is 0. The van der Waals surface area contributed by atoms with Crippen LogP contribution in [0.4, 0.5) is 0 Å². The van der Waals surface area contributed by atoms with Gasteiger partial charge in [0.1, 0.15) is 0 Å². The number of hydrogen-bond donors (Lipinski definition) is 2. The SMILES string of the molecule is CCCCCCCCCCCCCC(O)CCCC(=O)[O-].CCCCCCCCCCCCCC(O)CCCC(=O)[O-].[Zn+2]. The van der Waals surface area contributed by atoms with Gasteiger partial charge in [0.2, 0.25) is 0 Å². The van der Waals surface area contributed by atoms with Crippen molar-refractivity contribution < 1.29 is 49.5 Å². The molecule has 0 aliphatic rings. The molecule has 0 aliphatic heterocycles. The van der Waals surface area contributed by atoms with Crippen LogP contribution in [0.15, 0.2) is 0 Å². The van der Waals surface area contributed by atoms with Gasteiger partial charge in [-0.05, 0) is 51.4 Å². The molecule has 0 saturated carbocycles. The second kappa shape index (κ2) is 39.5. The molecule has 252 valence electrons. The summed E-state index contributed by atoms with van der Waals surface area (Å²) >= 11 is 0. The Hall–Kier alpha value is -0.517. The fraction of sp³-hybridized carbons (Fsp3) is 0.944. The fourth-order valence-corrected chi connectivity index (χ4v) is 5.34. The molecule has 0 fully saturated rings. The monoisotopic (exact) mass is 662 g/mol. The predicted molar refractivity (Wildman–Crippen MR) is 172 cm³/mol. The van der Waals surface area contributed by atoms with E-state index < -0.39 is 11.9 Å². The van der Waals surface area contributed by atoms with Crippen LogP contribution < -0.4 is 10.2 Å². The van der Waals surface area contributed by atoms with Gasteiger partial charge in [-0.15, -0.1) is 0 Å². The minimum atomic E-state index is -1.02. The molecule has 0 amide bonds. The largest absolute Gasteiger partial charge is 2.00 e. The van der Waals surface area contributed by atoms with Crippen LogP contribution in [0.25, 0.3) is 0 Å². The normalized spacial score (nSPS) is 12.2. The molecule has 0 heterocycles. The molecule has 0 aliphatic carbocycles. The van der Waals surface area contributed by atoms with Crippen LogP contribution in [-0.4, -0.2) is 34.4 Å². The van der Waals surface area contributed by atoms with E-state index in [0.29, 0.717) is 25.7 Å². The summed E-state index contributed by atoms with van der Waals surface area (Å²) in [6, 6.07) is 0. The number of carboxylic acid groups (broad SMARTS) is 2. The van der Waals surface area contributed by atoms with Gasteiger partial charge in [-0.25, -0.2) is 0 Å². The van der Waals surface area contributed by atoms with E-state index in [1.54, 1.807) is 0 Å². The molecule has 0 spiro atoms. The van der Waals surface area contributed by atoms with Gasteiger partial charge in [0.15, 0.2) is 0 Å². The van der Waals surface area contributed by atoms with Crippen molar-refractivity contribution in [1.82, 2.24) is 0 Å². The van der Waals surface area contributed by atoms with E-state index in [2.05, 4.69) is 13.8 Å². The quantitative estimate of drug-likeness (QED) is 0.0557. The number of rotatable bonds is 32. The van der Waals surface area contributed by atoms with Gasteiger partial charge in [0, 0.05) is 11.9 Å². The third-order valence-corrected chi connectivity index (χ3v) is 8.12. The summed E-state index contributed by atoms with van der Waals surface area (Å²) in [5.74, 6) is -2.03. The second-order valence-electron chi connectivity index (χ2n) is 12.5. The van der Waals surface area contributed by atoms with Crippen molar-refractivity contribution in [2.24, 2.45) is 0 Å². The molecule has 0 aromatic rings. The van der Waals surface area contributed by atoms with Crippen LogP contribution in [0.3, 0.4) is 0 Å². The van der Waals surface area contributed by atoms with E-state index in [4.69, 9.17) is 0 Å². The number of aliphatic hydroxyl groups excluding tert-OH is 2. The van der Waals surface area contributed by atoms with Gasteiger partial charge < -0.3 is 30.0 Å². The molecule has 0 radical (unpaired) electrons. The maximum absolute atomic E-state index is 10.2. The molecule has 2 N–H and O–H groups in total. The Morgan fingerprint density at radius 2 is 0.628 bits per heavy atom. The molecular formula is C36H70O6Zn. The standard InChI is InChI=1S/2C18H36O3.Zn/c2*1-2-3-4-5-6-7-8-9-10-11-12-14-17(19)15-13-16-18(20)21;/h2*17,19H,2-16H2,1H3,(H,20,21);/q;;+2/p-2. The molecular weight excluding hydrogens is 594 g/mol. The van der Waals surface area contributed by atoms with Crippen LogP contribution in [0.2, 0.25) is 0 Å². The molecule has 7 heteroatoms. The molecule has 0 aromatic carbocycles. The van der Waals surface area contributed by atoms with Crippen LogP contribution in [-0.2, 0) is 29.1 Å². The Morgan fingerprint density at radius 3 is 0.860 bits per heavy atom. The maximum Gasteiger partial charge on any atom is 2.00 e. The predicted octanol–water partition coefficient (Wildman–Crippen LogP) is 7.93. The van der Waals surface area contributed by atoms with E-state index >= 15 is 0 Å². The summed E-state index contributed by atoms with van der Waals surface area (Å²) in [6.07, 6.45) is 32.2. The van der Waals surface area contributed by atoms with Crippen LogP contribution in [0, 0.1) is 0 Å². The van der Waals surface area contributed by atoms with Crippen LogP contribution in [0.1, 0.15) is 206 Å². The Balaban J connectivity index is -0.000000727. The number of carboxylic acids is 2. The maximum atomic E-state index is 10.2. The summed E-state index contributed by atoms with van der Waals surface area (Å²) in [4.78, 5) is 20.5. The zero-order valence-corrected chi connectivity index (χ0v) is 31.6. The first-order chi connectivity index (χ1) is 20.3. The molecule has 0 bridgehead atoms. The van der Waals surface area contributed by atoms with Crippen LogP contribution in [0.5, 0.6) is 0 Å². The van der Waals surface area contributed by atoms with E-state index in [-0.39, 0.29) is 44.5 Å². The summed E-state index contributed by atoms with van der Waals surface area (Å²) in [5.41, 5.74) is 0. The average Bonchev–Trinajstić information content (AvgIpc) is 2.94. The number of unbranched alkanes of at least 4 members (excludes halogenated alkanes) is 20. The Kier molecular flexibility index (Phi) is 43.1. The van der Waals surface area contributed by atoms with Gasteiger partial charge in [-0.3, -0.25) is 0 Å². The molecule has 43 heavy (non-hydrogen) atoms. The Morgan fingerprint density at radius 1 is 0.419 bits per heavy atom. The first-order valence-electron chi connectivity index (χ1n) is 18.1. The van der Waals surface area contributed by atoms with Gasteiger partial charge >= 0.3 is 19.5 Å². The average molecular weight is 664 g/mol. The number of hydrogen-bond acceptors (Lipinski definition) is 6. The Labute approximate surface area is 279 Å². The van der Waals surface area contributed by atoms with Crippen molar-refractivity contribution in [3.8, 4) is 0 Å². The van der Waals surface area contributed by atoms with Crippen molar-refractivity contribution in [2.75, 3.05) is 0 Å². The van der Waals surface area contributed by atoms with Crippen molar-refractivity contribution in [1.29, 1.82) is 0 Å². The van der Waals surface area contributed by atoms with E-state index in [0.717, 1.165) is 25.7 Å². The summed E-state index contributed by atoms with van der Waals surface area (Å²) in [6.45, 7) is 4.50. The number of aliphatic carboxylic acids is 2. The first kappa shape index (κ1) is 46.9. The molecule has 0 rings (SSSR count). The molecule has 0 aromatic heterocycles. The molecule has 2 unspecified atom stereocenters. The fourth-order valence-electron chi connectivity index (χ4n) is 5.34. The number of aliphatic hydroxyl groups is 2. The van der Waals surface area contributed by atoms with Gasteiger partial charge in [0.25, 0.3) is 0 Å². The van der Waals surface area contributed by atoms with E-state index in [9.17, 15) is 30.0 Å². The molecule has 0 saturated heterocycles. The third-order valence-electron chi connectivity index (χ3n) is 8.12. The summed E-state index contributed by atoms with van der Waals surface area (Å²) < 4.78 is 0. The minimum Gasteiger partial charge on any atom is -0.550 e. The van der Waals surface area contributed by atoms with E-state index in [1.165, 1.54) is 128 Å². The smallest absolute Gasteiger partial charge is 0.550 e. The second-order valence-corrected chi connectivity index (χ2v) is 12.5. The molecule has 2 atom stereocenters. The van der Waals surface area contributed by atoms with E-state index in [1.807, 2.05) is 0 Å². The third kappa shape index (κ3) is 46.0. The van der Waals surface area contributed by atoms with Crippen molar-refractivity contribution >= 4 is 11.9 Å². The van der Waals surface area contributed by atoms with Gasteiger partial charge in [-0.2, -0.15) is 0 Å². The number of carbonyl (C=O) groups is 2. The summed E-state index contributed by atoms with van der Waals surface area (Å²) in [7, 11) is 0. The zero-order chi connectivity index (χ0) is 31.5. The Bertz CT molecular complexity index is 512. The summed E-state index contributed by atoms with van der Waals surface area (Å²) in [5, 5.41) is 39.9. The van der Waals surface area contributed by atoms with Crippen LogP contribution >= 0.6 is 0 Å². The molecule has 6 nitrogen and oxygen atoms in total. The first-order valence-corrected chi connectivity index (χ1v) is 18.1.